The molecule has 0 aliphatic carbocycles. The number of nitrogens with zero attached hydrogens (tertiary/aromatic N) is 2. The second kappa shape index (κ2) is 10.2. The molecular formula is C27H26N4O4. The largest absolute Gasteiger partial charge is 0.394 e. The number of nitrogens with one attached hydrogen (secondary N) is 2. The van der Waals surface area contributed by atoms with Crippen LogP contribution in [-0.2, 0) is 11.2 Å². The zero-order valence-electron chi connectivity index (χ0n) is 19.1. The molecule has 3 N–H and O–H groups in total. The van der Waals surface area contributed by atoms with Crippen LogP contribution >= 0.6 is 0 Å². The molecule has 178 valence electrons. The fourth-order valence-electron chi connectivity index (χ4n) is 4.35. The first-order valence-electron chi connectivity index (χ1n) is 11.7. The number of rotatable bonds is 8. The number of hydrogen-bond acceptors (Lipinski definition) is 7. The number of H-pyrrole nitrogens is 1. The molecular weight excluding hydrogens is 444 g/mol. The van der Waals surface area contributed by atoms with Crippen LogP contribution in [0.3, 0.4) is 0 Å². The van der Waals surface area contributed by atoms with E-state index in [1.807, 2.05) is 30.3 Å². The van der Waals surface area contributed by atoms with Gasteiger partial charge in [-0.3, -0.25) is 9.59 Å². The third kappa shape index (κ3) is 4.99. The third-order valence-corrected chi connectivity index (χ3v) is 6.31. The van der Waals surface area contributed by atoms with Crippen LogP contribution in [0.1, 0.15) is 44.7 Å². The highest BCUT2D eigenvalue weighted by atomic mass is 16.5. The maximum atomic E-state index is 13.4. The summed E-state index contributed by atoms with van der Waals surface area (Å²) in [5.74, 6) is 0.446. The summed E-state index contributed by atoms with van der Waals surface area (Å²) in [6, 6.07) is 16.3. The number of aliphatic hydroxyl groups excluding tert-OH is 1. The number of aromatic amines is 1. The Morgan fingerprint density at radius 1 is 1.03 bits per heavy atom. The van der Waals surface area contributed by atoms with Gasteiger partial charge in [-0.1, -0.05) is 54.6 Å². The van der Waals surface area contributed by atoms with Gasteiger partial charge in [0, 0.05) is 23.7 Å². The van der Waals surface area contributed by atoms with Gasteiger partial charge in [0.1, 0.15) is 17.8 Å². The Kier molecular flexibility index (Phi) is 6.65. The van der Waals surface area contributed by atoms with Gasteiger partial charge in [-0.25, -0.2) is 9.97 Å². The molecule has 2 atom stereocenters. The lowest BCUT2D eigenvalue weighted by molar-refractivity contribution is -0.0224. The van der Waals surface area contributed by atoms with Crippen molar-refractivity contribution in [1.29, 1.82) is 0 Å². The van der Waals surface area contributed by atoms with Crippen LogP contribution in [-0.4, -0.2) is 57.0 Å². The summed E-state index contributed by atoms with van der Waals surface area (Å²) < 4.78 is 5.66. The maximum absolute atomic E-state index is 13.4. The molecule has 0 saturated carbocycles. The van der Waals surface area contributed by atoms with E-state index in [1.54, 1.807) is 30.5 Å². The summed E-state index contributed by atoms with van der Waals surface area (Å²) in [6.45, 7) is 0.466. The third-order valence-electron chi connectivity index (χ3n) is 6.31. The molecule has 0 amide bonds. The Hall–Kier alpha value is -3.88. The van der Waals surface area contributed by atoms with Crippen LogP contribution in [0.15, 0.2) is 67.1 Å². The van der Waals surface area contributed by atoms with Crippen molar-refractivity contribution in [3.8, 4) is 0 Å². The molecule has 0 radical (unpaired) electrons. The van der Waals surface area contributed by atoms with Gasteiger partial charge in [0.25, 0.3) is 0 Å². The van der Waals surface area contributed by atoms with Crippen LogP contribution in [0.2, 0.25) is 0 Å². The van der Waals surface area contributed by atoms with Gasteiger partial charge >= 0.3 is 0 Å². The van der Waals surface area contributed by atoms with E-state index in [1.165, 1.54) is 6.33 Å². The van der Waals surface area contributed by atoms with Crippen molar-refractivity contribution in [2.75, 3.05) is 18.5 Å². The number of hydrogen-bond donors (Lipinski definition) is 3. The monoisotopic (exact) mass is 470 g/mol. The first-order chi connectivity index (χ1) is 17.1. The highest BCUT2D eigenvalue weighted by Crippen LogP contribution is 2.27. The molecule has 1 aliphatic rings. The predicted octanol–water partition coefficient (Wildman–Crippen LogP) is 3.57. The van der Waals surface area contributed by atoms with Gasteiger partial charge in [0.2, 0.25) is 0 Å². The van der Waals surface area contributed by atoms with Crippen LogP contribution in [0, 0.1) is 0 Å². The smallest absolute Gasteiger partial charge is 0.195 e. The van der Waals surface area contributed by atoms with Crippen LogP contribution in [0.4, 0.5) is 5.82 Å². The summed E-state index contributed by atoms with van der Waals surface area (Å²) in [4.78, 5) is 37.6. The number of fused-ring (bicyclic) bond motifs is 1. The molecule has 8 heteroatoms. The second-order valence-electron chi connectivity index (χ2n) is 8.70. The molecule has 2 aromatic heterocycles. The fourth-order valence-corrected chi connectivity index (χ4v) is 4.35. The van der Waals surface area contributed by atoms with Crippen LogP contribution in [0.5, 0.6) is 0 Å². The summed E-state index contributed by atoms with van der Waals surface area (Å²) in [5.41, 5.74) is 3.07. The molecule has 2 aromatic carbocycles. The number of benzene rings is 2. The van der Waals surface area contributed by atoms with Crippen molar-refractivity contribution in [2.24, 2.45) is 0 Å². The fraction of sp³-hybridized carbons (Fsp3) is 0.259. The Bertz CT molecular complexity index is 1330. The molecule has 0 spiro atoms. The summed E-state index contributed by atoms with van der Waals surface area (Å²) in [6.07, 6.45) is 4.82. The number of aliphatic hydroxyl groups is 1. The number of ether oxygens (including phenoxy) is 1. The Balaban J connectivity index is 1.34. The number of carbonyl (C=O) groups is 2. The van der Waals surface area contributed by atoms with Crippen molar-refractivity contribution in [1.82, 2.24) is 15.0 Å². The number of aromatic nitrogens is 3. The molecule has 0 unspecified atom stereocenters. The summed E-state index contributed by atoms with van der Waals surface area (Å²) >= 11 is 0. The first kappa shape index (κ1) is 22.9. The predicted molar refractivity (Wildman–Crippen MR) is 132 cm³/mol. The average molecular weight is 471 g/mol. The number of ketones is 2. The van der Waals surface area contributed by atoms with E-state index in [0.717, 1.165) is 18.4 Å². The standard InChI is InChI=1S/C27H26N4O4/c32-14-21-11-10-20(15-35-21)31-27-24-22(13-28-26(24)29-16-30-27)25(34)19-8-6-17(7-9-19)12-23(33)18-4-2-1-3-5-18/h1-9,13,16,20-21,32H,10-12,14-15H2,(H2,28,29,30,31)/t20-,21-/m1/s1. The second-order valence-corrected chi connectivity index (χ2v) is 8.70. The van der Waals surface area contributed by atoms with Crippen LogP contribution < -0.4 is 5.32 Å². The van der Waals surface area contributed by atoms with E-state index in [2.05, 4.69) is 20.3 Å². The number of carbonyl (C=O) groups excluding carboxylic acids is 2. The van der Waals surface area contributed by atoms with E-state index in [0.29, 0.717) is 40.1 Å². The lowest BCUT2D eigenvalue weighted by Crippen LogP contribution is -2.36. The minimum Gasteiger partial charge on any atom is -0.394 e. The van der Waals surface area contributed by atoms with Gasteiger partial charge in [-0.2, -0.15) is 0 Å². The highest BCUT2D eigenvalue weighted by molar-refractivity contribution is 6.18. The van der Waals surface area contributed by atoms with E-state index in [9.17, 15) is 14.7 Å². The molecule has 4 aromatic rings. The molecule has 1 saturated heterocycles. The molecule has 5 rings (SSSR count). The zero-order valence-corrected chi connectivity index (χ0v) is 19.1. The Labute approximate surface area is 202 Å². The normalized spacial score (nSPS) is 17.9. The van der Waals surface area contributed by atoms with Gasteiger partial charge in [0.15, 0.2) is 11.6 Å². The van der Waals surface area contributed by atoms with Crippen LogP contribution in [0.25, 0.3) is 11.0 Å². The summed E-state index contributed by atoms with van der Waals surface area (Å²) in [7, 11) is 0. The molecule has 8 nitrogen and oxygen atoms in total. The van der Waals surface area contributed by atoms with Crippen molar-refractivity contribution in [2.45, 2.75) is 31.4 Å². The van der Waals surface area contributed by atoms with Gasteiger partial charge in [-0.15, -0.1) is 0 Å². The molecule has 1 aliphatic heterocycles. The highest BCUT2D eigenvalue weighted by Gasteiger charge is 2.24. The Morgan fingerprint density at radius 3 is 2.54 bits per heavy atom. The SMILES string of the molecule is O=C(Cc1ccc(C(=O)c2c[nH]c3ncnc(N[C@@H]4CC[C@H](CO)OC4)c23)cc1)c1ccccc1. The van der Waals surface area contributed by atoms with Gasteiger partial charge < -0.3 is 20.1 Å². The van der Waals surface area contributed by atoms with Gasteiger partial charge in [-0.05, 0) is 18.4 Å². The molecule has 1 fully saturated rings. The lowest BCUT2D eigenvalue weighted by atomic mass is 9.99. The topological polar surface area (TPSA) is 117 Å². The lowest BCUT2D eigenvalue weighted by Gasteiger charge is -2.29. The van der Waals surface area contributed by atoms with E-state index in [4.69, 9.17) is 4.74 Å². The minimum absolute atomic E-state index is 0.0140. The maximum Gasteiger partial charge on any atom is 0.195 e. The molecule has 35 heavy (non-hydrogen) atoms. The van der Waals surface area contributed by atoms with E-state index in [-0.39, 0.29) is 36.7 Å². The van der Waals surface area contributed by atoms with E-state index >= 15 is 0 Å². The quantitative estimate of drug-likeness (QED) is 0.337. The van der Waals surface area contributed by atoms with Crippen molar-refractivity contribution < 1.29 is 19.4 Å². The molecule has 0 bridgehead atoms. The van der Waals surface area contributed by atoms with Crippen molar-refractivity contribution in [3.05, 3.63) is 89.4 Å². The Morgan fingerprint density at radius 2 is 1.83 bits per heavy atom. The number of Topliss-reactive ketones (excluding diaryl/α,β-unsaturated/α-hetero) is 1. The van der Waals surface area contributed by atoms with E-state index < -0.39 is 0 Å². The molecule has 3 heterocycles. The zero-order chi connectivity index (χ0) is 24.2. The minimum atomic E-state index is -0.157. The van der Waals surface area contributed by atoms with Crippen molar-refractivity contribution in [3.63, 3.8) is 0 Å². The first-order valence-corrected chi connectivity index (χ1v) is 11.7. The van der Waals surface area contributed by atoms with Crippen molar-refractivity contribution >= 4 is 28.4 Å². The average Bonchev–Trinajstić information content (AvgIpc) is 3.35. The number of anilines is 1. The van der Waals surface area contributed by atoms with Gasteiger partial charge in [0.05, 0.1) is 36.3 Å². The summed E-state index contributed by atoms with van der Waals surface area (Å²) in [5, 5.41) is 13.3.